The second-order valence-electron chi connectivity index (χ2n) is 5.59. The fourth-order valence-corrected chi connectivity index (χ4v) is 2.64. The molecule has 1 N–H and O–H groups in total. The molecule has 0 bridgehead atoms. The van der Waals surface area contributed by atoms with Crippen molar-refractivity contribution < 1.29 is 9.47 Å². The van der Waals surface area contributed by atoms with Crippen LogP contribution in [0, 0.1) is 6.92 Å². The third-order valence-electron chi connectivity index (χ3n) is 3.98. The largest absolute Gasteiger partial charge is 0.450 e. The average Bonchev–Trinajstić information content (AvgIpc) is 2.59. The van der Waals surface area contributed by atoms with E-state index in [1.165, 1.54) is 11.1 Å². The first-order valence-corrected chi connectivity index (χ1v) is 7.67. The van der Waals surface area contributed by atoms with Gasteiger partial charge in [-0.15, -0.1) is 0 Å². The molecule has 0 saturated carbocycles. The van der Waals surface area contributed by atoms with Crippen LogP contribution in [0.3, 0.4) is 0 Å². The first kappa shape index (κ1) is 13.7. The summed E-state index contributed by atoms with van der Waals surface area (Å²) in [7, 11) is 0. The summed E-state index contributed by atoms with van der Waals surface area (Å²) < 4.78 is 11.8. The van der Waals surface area contributed by atoms with Crippen LogP contribution in [0.25, 0.3) is 0 Å². The second kappa shape index (κ2) is 5.69. The van der Waals surface area contributed by atoms with Crippen LogP contribution in [0.1, 0.15) is 11.1 Å². The molecular weight excluding hydrogens is 286 g/mol. The highest BCUT2D eigenvalue weighted by Crippen LogP contribution is 2.45. The van der Waals surface area contributed by atoms with E-state index in [2.05, 4.69) is 36.5 Å². The molecule has 1 aliphatic rings. The molecule has 3 aromatic carbocycles. The SMILES string of the molecule is Cc1ccccc1CNc1ccc2c(c1)Oc1ccccc1O2. The Labute approximate surface area is 135 Å². The van der Waals surface area contributed by atoms with Gasteiger partial charge in [0.2, 0.25) is 0 Å². The lowest BCUT2D eigenvalue weighted by molar-refractivity contribution is 0.360. The van der Waals surface area contributed by atoms with Gasteiger partial charge < -0.3 is 14.8 Å². The standard InChI is InChI=1S/C20H17NO2/c1-14-6-2-3-7-15(14)13-21-16-10-11-19-20(12-16)23-18-9-5-4-8-17(18)22-19/h2-12,21H,13H2,1H3. The number of para-hydroxylation sites is 2. The first-order valence-electron chi connectivity index (χ1n) is 7.67. The van der Waals surface area contributed by atoms with Crippen molar-refractivity contribution in [2.45, 2.75) is 13.5 Å². The first-order chi connectivity index (χ1) is 11.3. The maximum absolute atomic E-state index is 5.93. The Bertz CT molecular complexity index is 858. The fourth-order valence-electron chi connectivity index (χ4n) is 2.64. The third kappa shape index (κ3) is 2.73. The Morgan fingerprint density at radius 1 is 0.739 bits per heavy atom. The number of hydrogen-bond acceptors (Lipinski definition) is 3. The molecule has 0 spiro atoms. The second-order valence-corrected chi connectivity index (χ2v) is 5.59. The van der Waals surface area contributed by atoms with E-state index in [9.17, 15) is 0 Å². The molecule has 114 valence electrons. The van der Waals surface area contributed by atoms with Gasteiger partial charge in [0.25, 0.3) is 0 Å². The quantitative estimate of drug-likeness (QED) is 0.541. The molecule has 1 aliphatic heterocycles. The summed E-state index contributed by atoms with van der Waals surface area (Å²) in [5.41, 5.74) is 3.58. The van der Waals surface area contributed by atoms with Crippen LogP contribution in [0.5, 0.6) is 23.0 Å². The van der Waals surface area contributed by atoms with Crippen LogP contribution in [-0.4, -0.2) is 0 Å². The van der Waals surface area contributed by atoms with Crippen molar-refractivity contribution in [3.05, 3.63) is 77.9 Å². The van der Waals surface area contributed by atoms with E-state index in [0.29, 0.717) is 0 Å². The number of fused-ring (bicyclic) bond motifs is 2. The van der Waals surface area contributed by atoms with Gasteiger partial charge in [-0.2, -0.15) is 0 Å². The van der Waals surface area contributed by atoms with Gasteiger partial charge in [0.15, 0.2) is 23.0 Å². The van der Waals surface area contributed by atoms with Crippen molar-refractivity contribution in [2.24, 2.45) is 0 Å². The van der Waals surface area contributed by atoms with Crippen LogP contribution in [0.2, 0.25) is 0 Å². The number of hydrogen-bond donors (Lipinski definition) is 1. The Hall–Kier alpha value is -2.94. The molecule has 0 radical (unpaired) electrons. The summed E-state index contributed by atoms with van der Waals surface area (Å²) in [6.07, 6.45) is 0. The minimum absolute atomic E-state index is 0.735. The molecule has 0 saturated heterocycles. The Morgan fingerprint density at radius 2 is 1.39 bits per heavy atom. The average molecular weight is 303 g/mol. The molecule has 0 aromatic heterocycles. The van der Waals surface area contributed by atoms with Crippen molar-refractivity contribution in [3.8, 4) is 23.0 Å². The van der Waals surface area contributed by atoms with E-state index < -0.39 is 0 Å². The minimum Gasteiger partial charge on any atom is -0.450 e. The number of benzene rings is 3. The van der Waals surface area contributed by atoms with E-state index >= 15 is 0 Å². The molecule has 3 aromatic rings. The summed E-state index contributed by atoms with van der Waals surface area (Å²) in [5.74, 6) is 2.97. The lowest BCUT2D eigenvalue weighted by Crippen LogP contribution is -2.03. The molecule has 0 fully saturated rings. The van der Waals surface area contributed by atoms with Gasteiger partial charge in [0.05, 0.1) is 0 Å². The molecular formula is C20H17NO2. The maximum atomic E-state index is 5.93. The van der Waals surface area contributed by atoms with Crippen molar-refractivity contribution >= 4 is 5.69 Å². The molecule has 4 rings (SSSR count). The molecule has 23 heavy (non-hydrogen) atoms. The van der Waals surface area contributed by atoms with Gasteiger partial charge in [-0.25, -0.2) is 0 Å². The van der Waals surface area contributed by atoms with E-state index in [1.807, 2.05) is 42.5 Å². The van der Waals surface area contributed by atoms with Crippen LogP contribution in [0.4, 0.5) is 5.69 Å². The predicted molar refractivity (Wildman–Crippen MR) is 91.5 cm³/mol. The summed E-state index contributed by atoms with van der Waals surface area (Å²) in [6, 6.07) is 22.0. The fraction of sp³-hybridized carbons (Fsp3) is 0.100. The number of nitrogens with one attached hydrogen (secondary N) is 1. The Kier molecular flexibility index (Phi) is 3.39. The van der Waals surface area contributed by atoms with E-state index in [0.717, 1.165) is 35.2 Å². The lowest BCUT2D eigenvalue weighted by atomic mass is 10.1. The van der Waals surface area contributed by atoms with E-state index in [4.69, 9.17) is 9.47 Å². The van der Waals surface area contributed by atoms with E-state index in [-0.39, 0.29) is 0 Å². The van der Waals surface area contributed by atoms with Crippen molar-refractivity contribution in [2.75, 3.05) is 5.32 Å². The zero-order valence-corrected chi connectivity index (χ0v) is 12.9. The normalized spacial score (nSPS) is 11.7. The Balaban J connectivity index is 1.53. The highest BCUT2D eigenvalue weighted by molar-refractivity contribution is 5.60. The van der Waals surface area contributed by atoms with Crippen LogP contribution >= 0.6 is 0 Å². The van der Waals surface area contributed by atoms with Crippen molar-refractivity contribution in [3.63, 3.8) is 0 Å². The predicted octanol–water partition coefficient (Wildman–Crippen LogP) is 5.51. The minimum atomic E-state index is 0.735. The molecule has 3 nitrogen and oxygen atoms in total. The Morgan fingerprint density at radius 3 is 2.17 bits per heavy atom. The van der Waals surface area contributed by atoms with Gasteiger partial charge >= 0.3 is 0 Å². The summed E-state index contributed by atoms with van der Waals surface area (Å²) in [4.78, 5) is 0. The monoisotopic (exact) mass is 303 g/mol. The molecule has 0 unspecified atom stereocenters. The zero-order chi connectivity index (χ0) is 15.6. The zero-order valence-electron chi connectivity index (χ0n) is 12.9. The molecule has 1 heterocycles. The van der Waals surface area contributed by atoms with Gasteiger partial charge in [0.1, 0.15) is 0 Å². The summed E-state index contributed by atoms with van der Waals surface area (Å²) >= 11 is 0. The highest BCUT2D eigenvalue weighted by Gasteiger charge is 2.18. The topological polar surface area (TPSA) is 30.5 Å². The van der Waals surface area contributed by atoms with E-state index in [1.54, 1.807) is 0 Å². The van der Waals surface area contributed by atoms with Crippen LogP contribution < -0.4 is 14.8 Å². The smallest absolute Gasteiger partial charge is 0.172 e. The molecule has 0 atom stereocenters. The lowest BCUT2D eigenvalue weighted by Gasteiger charge is -2.21. The van der Waals surface area contributed by atoms with Gasteiger partial charge in [0, 0.05) is 18.3 Å². The molecule has 0 aliphatic carbocycles. The third-order valence-corrected chi connectivity index (χ3v) is 3.98. The summed E-state index contributed by atoms with van der Waals surface area (Å²) in [6.45, 7) is 2.90. The number of aryl methyl sites for hydroxylation is 1. The van der Waals surface area contributed by atoms with Gasteiger partial charge in [-0.1, -0.05) is 36.4 Å². The van der Waals surface area contributed by atoms with Gasteiger partial charge in [-0.05, 0) is 42.3 Å². The molecule has 0 amide bonds. The number of anilines is 1. The summed E-state index contributed by atoms with van der Waals surface area (Å²) in [5, 5.41) is 3.44. The number of ether oxygens (including phenoxy) is 2. The number of rotatable bonds is 3. The van der Waals surface area contributed by atoms with Crippen LogP contribution in [-0.2, 0) is 6.54 Å². The van der Waals surface area contributed by atoms with Gasteiger partial charge in [-0.3, -0.25) is 0 Å². The maximum Gasteiger partial charge on any atom is 0.172 e. The van der Waals surface area contributed by atoms with Crippen molar-refractivity contribution in [1.82, 2.24) is 0 Å². The highest BCUT2D eigenvalue weighted by atomic mass is 16.6. The molecule has 3 heteroatoms. The van der Waals surface area contributed by atoms with Crippen LogP contribution in [0.15, 0.2) is 66.7 Å². The van der Waals surface area contributed by atoms with Crippen molar-refractivity contribution in [1.29, 1.82) is 0 Å².